The van der Waals surface area contributed by atoms with E-state index in [2.05, 4.69) is 27.0 Å². The quantitative estimate of drug-likeness (QED) is 0.740. The van der Waals surface area contributed by atoms with Crippen LogP contribution in [0.5, 0.6) is 0 Å². The van der Waals surface area contributed by atoms with Crippen LogP contribution >= 0.6 is 11.3 Å². The third kappa shape index (κ3) is 5.61. The standard InChI is InChI=1S/C15H26N2OS/c1-18-9-6-16-11-15-3-2-7-17(12-15)8-4-14-5-10-19-13-14/h5,10,13,15-16H,2-4,6-9,11-12H2,1H3. The van der Waals surface area contributed by atoms with Gasteiger partial charge in [0.25, 0.3) is 0 Å². The summed E-state index contributed by atoms with van der Waals surface area (Å²) in [5.41, 5.74) is 1.49. The van der Waals surface area contributed by atoms with Gasteiger partial charge in [-0.15, -0.1) is 0 Å². The Morgan fingerprint density at radius 2 is 2.47 bits per heavy atom. The first-order chi connectivity index (χ1) is 9.38. The summed E-state index contributed by atoms with van der Waals surface area (Å²) in [5.74, 6) is 0.813. The maximum atomic E-state index is 5.06. The van der Waals surface area contributed by atoms with Crippen molar-refractivity contribution in [3.05, 3.63) is 22.4 Å². The molecule has 3 nitrogen and oxygen atoms in total. The lowest BCUT2D eigenvalue weighted by molar-refractivity contribution is 0.166. The lowest BCUT2D eigenvalue weighted by Crippen LogP contribution is -2.40. The van der Waals surface area contributed by atoms with Gasteiger partial charge in [0.05, 0.1) is 6.61 Å². The molecule has 0 amide bonds. The lowest BCUT2D eigenvalue weighted by atomic mass is 9.97. The Bertz CT molecular complexity index is 329. The van der Waals surface area contributed by atoms with Gasteiger partial charge in [-0.25, -0.2) is 0 Å². The Balaban J connectivity index is 1.62. The SMILES string of the molecule is COCCNCC1CCCN(CCc2ccsc2)C1. The first kappa shape index (κ1) is 15.0. The predicted octanol–water partition coefficient (Wildman–Crippen LogP) is 2.24. The number of hydrogen-bond donors (Lipinski definition) is 1. The van der Waals surface area contributed by atoms with Crippen molar-refractivity contribution < 1.29 is 4.74 Å². The number of thiophene rings is 1. The highest BCUT2D eigenvalue weighted by atomic mass is 32.1. The lowest BCUT2D eigenvalue weighted by Gasteiger charge is -2.32. The van der Waals surface area contributed by atoms with Crippen molar-refractivity contribution in [1.82, 2.24) is 10.2 Å². The zero-order valence-electron chi connectivity index (χ0n) is 11.9. The van der Waals surface area contributed by atoms with Crippen molar-refractivity contribution in [3.8, 4) is 0 Å². The van der Waals surface area contributed by atoms with Crippen LogP contribution < -0.4 is 5.32 Å². The van der Waals surface area contributed by atoms with Crippen LogP contribution in [0.25, 0.3) is 0 Å². The molecule has 0 spiro atoms. The fraction of sp³-hybridized carbons (Fsp3) is 0.733. The van der Waals surface area contributed by atoms with Crippen molar-refractivity contribution in [1.29, 1.82) is 0 Å². The molecule has 1 aliphatic heterocycles. The number of nitrogens with zero attached hydrogens (tertiary/aromatic N) is 1. The van der Waals surface area contributed by atoms with Gasteiger partial charge in [-0.05, 0) is 60.7 Å². The molecule has 19 heavy (non-hydrogen) atoms. The van der Waals surface area contributed by atoms with Crippen LogP contribution in [0.4, 0.5) is 0 Å². The maximum Gasteiger partial charge on any atom is 0.0587 e. The van der Waals surface area contributed by atoms with E-state index in [9.17, 15) is 0 Å². The fourth-order valence-corrected chi connectivity index (χ4v) is 3.43. The van der Waals surface area contributed by atoms with E-state index in [4.69, 9.17) is 4.74 Å². The molecule has 0 aromatic carbocycles. The van der Waals surface area contributed by atoms with Crippen LogP contribution in [0.1, 0.15) is 18.4 Å². The molecule has 4 heteroatoms. The van der Waals surface area contributed by atoms with Gasteiger partial charge in [-0.2, -0.15) is 11.3 Å². The molecule has 1 atom stereocenters. The molecule has 1 aromatic heterocycles. The summed E-state index contributed by atoms with van der Waals surface area (Å²) in [5, 5.41) is 7.94. The Kier molecular flexibility index (Phi) is 6.85. The Hall–Kier alpha value is -0.420. The molecule has 0 saturated carbocycles. The van der Waals surface area contributed by atoms with Crippen molar-refractivity contribution in [2.45, 2.75) is 19.3 Å². The van der Waals surface area contributed by atoms with E-state index >= 15 is 0 Å². The topological polar surface area (TPSA) is 24.5 Å². The summed E-state index contributed by atoms with van der Waals surface area (Å²) in [6.07, 6.45) is 3.92. The summed E-state index contributed by atoms with van der Waals surface area (Å²) in [7, 11) is 1.76. The number of rotatable bonds is 8. The molecule has 0 aliphatic carbocycles. The fourth-order valence-electron chi connectivity index (χ4n) is 2.72. The monoisotopic (exact) mass is 282 g/mol. The molecule has 1 aliphatic rings. The van der Waals surface area contributed by atoms with Gasteiger partial charge in [0.15, 0.2) is 0 Å². The number of ether oxygens (including phenoxy) is 1. The first-order valence-electron chi connectivity index (χ1n) is 7.31. The summed E-state index contributed by atoms with van der Waals surface area (Å²) < 4.78 is 5.06. The van der Waals surface area contributed by atoms with Crippen LogP contribution in [0.15, 0.2) is 16.8 Å². The van der Waals surface area contributed by atoms with E-state index in [1.54, 1.807) is 18.4 Å². The third-order valence-corrected chi connectivity index (χ3v) is 4.55. The molecule has 2 rings (SSSR count). The highest BCUT2D eigenvalue weighted by Gasteiger charge is 2.19. The Morgan fingerprint density at radius 3 is 3.26 bits per heavy atom. The molecular weight excluding hydrogens is 256 g/mol. The van der Waals surface area contributed by atoms with Gasteiger partial charge in [0.1, 0.15) is 0 Å². The number of methoxy groups -OCH3 is 1. The molecule has 108 valence electrons. The van der Waals surface area contributed by atoms with Crippen LogP contribution in [0.2, 0.25) is 0 Å². The van der Waals surface area contributed by atoms with Crippen LogP contribution in [-0.4, -0.2) is 51.3 Å². The van der Waals surface area contributed by atoms with Crippen molar-refractivity contribution in [2.75, 3.05) is 46.4 Å². The second kappa shape index (κ2) is 8.69. The minimum absolute atomic E-state index is 0.813. The average Bonchev–Trinajstić information content (AvgIpc) is 2.95. The van der Waals surface area contributed by atoms with Gasteiger partial charge >= 0.3 is 0 Å². The minimum atomic E-state index is 0.813. The largest absolute Gasteiger partial charge is 0.383 e. The molecular formula is C15H26N2OS. The molecule has 1 aromatic rings. The number of piperidine rings is 1. The van der Waals surface area contributed by atoms with Crippen LogP contribution in [0, 0.1) is 5.92 Å². The zero-order valence-corrected chi connectivity index (χ0v) is 12.8. The molecule has 0 radical (unpaired) electrons. The second-order valence-corrected chi connectivity index (χ2v) is 6.17. The smallest absolute Gasteiger partial charge is 0.0587 e. The molecule has 2 heterocycles. The summed E-state index contributed by atoms with van der Waals surface area (Å²) in [4.78, 5) is 2.63. The Morgan fingerprint density at radius 1 is 1.53 bits per heavy atom. The molecule has 1 unspecified atom stereocenters. The number of hydrogen-bond acceptors (Lipinski definition) is 4. The van der Waals surface area contributed by atoms with Gasteiger partial charge in [0.2, 0.25) is 0 Å². The number of likely N-dealkylation sites (tertiary alicyclic amines) is 1. The van der Waals surface area contributed by atoms with E-state index in [0.717, 1.165) is 25.6 Å². The van der Waals surface area contributed by atoms with Gasteiger partial charge < -0.3 is 15.0 Å². The van der Waals surface area contributed by atoms with Crippen LogP contribution in [0.3, 0.4) is 0 Å². The van der Waals surface area contributed by atoms with Gasteiger partial charge in [0, 0.05) is 26.7 Å². The zero-order chi connectivity index (χ0) is 13.3. The maximum absolute atomic E-state index is 5.06. The molecule has 1 fully saturated rings. The minimum Gasteiger partial charge on any atom is -0.383 e. The summed E-state index contributed by atoms with van der Waals surface area (Å²) in [6, 6.07) is 2.25. The van der Waals surface area contributed by atoms with E-state index in [0.29, 0.717) is 0 Å². The normalized spacial score (nSPS) is 20.8. The Labute approximate surface area is 121 Å². The average molecular weight is 282 g/mol. The van der Waals surface area contributed by atoms with Crippen molar-refractivity contribution in [2.24, 2.45) is 5.92 Å². The number of nitrogens with one attached hydrogen (secondary N) is 1. The van der Waals surface area contributed by atoms with E-state index in [1.165, 1.54) is 44.5 Å². The van der Waals surface area contributed by atoms with Crippen molar-refractivity contribution >= 4 is 11.3 Å². The molecule has 1 N–H and O–H groups in total. The third-order valence-electron chi connectivity index (χ3n) is 3.82. The van der Waals surface area contributed by atoms with Crippen LogP contribution in [-0.2, 0) is 11.2 Å². The van der Waals surface area contributed by atoms with Gasteiger partial charge in [-0.3, -0.25) is 0 Å². The highest BCUT2D eigenvalue weighted by molar-refractivity contribution is 7.07. The van der Waals surface area contributed by atoms with Crippen molar-refractivity contribution in [3.63, 3.8) is 0 Å². The van der Waals surface area contributed by atoms with Gasteiger partial charge in [-0.1, -0.05) is 0 Å². The predicted molar refractivity (Wildman–Crippen MR) is 81.9 cm³/mol. The first-order valence-corrected chi connectivity index (χ1v) is 8.26. The summed E-state index contributed by atoms with van der Waals surface area (Å²) >= 11 is 1.80. The highest BCUT2D eigenvalue weighted by Crippen LogP contribution is 2.16. The van der Waals surface area contributed by atoms with E-state index < -0.39 is 0 Å². The van der Waals surface area contributed by atoms with E-state index in [1.807, 2.05) is 0 Å². The van der Waals surface area contributed by atoms with E-state index in [-0.39, 0.29) is 0 Å². The molecule has 0 bridgehead atoms. The second-order valence-electron chi connectivity index (χ2n) is 5.39. The summed E-state index contributed by atoms with van der Waals surface area (Å²) in [6.45, 7) is 6.67. The molecule has 1 saturated heterocycles.